The monoisotopic (exact) mass is 534 g/mol. The number of nitrogens with one attached hydrogen (secondary N) is 3. The molecular weight excluding hydrogens is 496 g/mol. The fraction of sp³-hybridized carbons (Fsp3) is 0.448. The molecule has 10 nitrogen and oxygen atoms in total. The van der Waals surface area contributed by atoms with Gasteiger partial charge < -0.3 is 30.2 Å². The molecule has 0 bridgehead atoms. The molecule has 0 atom stereocenters. The van der Waals surface area contributed by atoms with E-state index in [9.17, 15) is 4.79 Å². The average molecular weight is 535 g/mol. The van der Waals surface area contributed by atoms with Crippen molar-refractivity contribution in [2.24, 2.45) is 5.92 Å². The first-order valence-electron chi connectivity index (χ1n) is 13.6. The molecule has 0 saturated heterocycles. The second-order valence-corrected chi connectivity index (χ2v) is 9.55. The topological polar surface area (TPSA) is 120 Å². The summed E-state index contributed by atoms with van der Waals surface area (Å²) in [5.74, 6) is 2.25. The van der Waals surface area contributed by atoms with E-state index in [1.165, 1.54) is 12.8 Å². The molecule has 39 heavy (non-hydrogen) atoms. The number of para-hydroxylation sites is 1. The van der Waals surface area contributed by atoms with E-state index in [0.29, 0.717) is 68.8 Å². The number of nitrogens with zero attached hydrogens (tertiary/aromatic N) is 3. The summed E-state index contributed by atoms with van der Waals surface area (Å²) < 4.78 is 17.1. The maximum absolute atomic E-state index is 12.0. The lowest BCUT2D eigenvalue weighted by Crippen LogP contribution is -2.27. The Hall–Kier alpha value is -3.76. The van der Waals surface area contributed by atoms with E-state index in [0.717, 1.165) is 18.8 Å². The molecule has 0 radical (unpaired) electrons. The van der Waals surface area contributed by atoms with Crippen LogP contribution in [0, 0.1) is 5.92 Å². The lowest BCUT2D eigenvalue weighted by atomic mass is 9.87. The number of benzene rings is 2. The number of hydrogen-bond donors (Lipinski definition) is 3. The van der Waals surface area contributed by atoms with Crippen LogP contribution < -0.4 is 20.7 Å². The van der Waals surface area contributed by atoms with Gasteiger partial charge in [0.1, 0.15) is 5.75 Å². The zero-order chi connectivity index (χ0) is 27.1. The van der Waals surface area contributed by atoms with Gasteiger partial charge in [-0.3, -0.25) is 4.79 Å². The molecule has 1 amide bonds. The lowest BCUT2D eigenvalue weighted by molar-refractivity contribution is 0.0519. The molecule has 0 spiro atoms. The number of ether oxygens (including phenoxy) is 3. The summed E-state index contributed by atoms with van der Waals surface area (Å²) in [6.07, 6.45) is 4.59. The Kier molecular flexibility index (Phi) is 11.3. The van der Waals surface area contributed by atoms with Crippen molar-refractivity contribution in [1.29, 1.82) is 0 Å². The summed E-state index contributed by atoms with van der Waals surface area (Å²) in [7, 11) is 0. The van der Waals surface area contributed by atoms with E-state index in [-0.39, 0.29) is 11.9 Å². The third-order valence-electron chi connectivity index (χ3n) is 6.39. The van der Waals surface area contributed by atoms with Crippen molar-refractivity contribution < 1.29 is 19.0 Å². The molecule has 208 valence electrons. The molecule has 0 aliphatic heterocycles. The fourth-order valence-corrected chi connectivity index (χ4v) is 4.21. The number of anilines is 2. The summed E-state index contributed by atoms with van der Waals surface area (Å²) in [6, 6.07) is 19.1. The SMILES string of the molecule is CC1CCC(Nc2nc(NCCOCCOCCNC(=O)c3ccccc3)nc(Oc3ccccc3)n2)CC1. The van der Waals surface area contributed by atoms with Gasteiger partial charge in [-0.1, -0.05) is 43.3 Å². The summed E-state index contributed by atoms with van der Waals surface area (Å²) in [6.45, 7) is 5.02. The van der Waals surface area contributed by atoms with Gasteiger partial charge in [0.15, 0.2) is 0 Å². The highest BCUT2D eigenvalue weighted by molar-refractivity contribution is 5.94. The van der Waals surface area contributed by atoms with Crippen molar-refractivity contribution in [3.8, 4) is 11.8 Å². The predicted octanol–water partition coefficient (Wildman–Crippen LogP) is 4.53. The second kappa shape index (κ2) is 15.6. The first kappa shape index (κ1) is 28.3. The van der Waals surface area contributed by atoms with Crippen LogP contribution in [0.4, 0.5) is 11.9 Å². The zero-order valence-electron chi connectivity index (χ0n) is 22.5. The van der Waals surface area contributed by atoms with Crippen molar-refractivity contribution in [3.05, 3.63) is 66.2 Å². The number of carbonyl (C=O) groups is 1. The van der Waals surface area contributed by atoms with Gasteiger partial charge in [-0.25, -0.2) is 0 Å². The van der Waals surface area contributed by atoms with Gasteiger partial charge in [0.25, 0.3) is 5.91 Å². The standard InChI is InChI=1S/C29H38N6O4/c1-22-12-14-24(15-13-22)32-28-33-27(34-29(35-28)39-25-10-6-3-7-11-25)31-17-19-38-21-20-37-18-16-30-26(36)23-8-4-2-5-9-23/h2-11,22,24H,12-21H2,1H3,(H,30,36)(H2,31,32,33,34,35). The Labute approximate surface area is 229 Å². The third-order valence-corrected chi connectivity index (χ3v) is 6.39. The molecule has 1 aliphatic carbocycles. The highest BCUT2D eigenvalue weighted by Crippen LogP contribution is 2.26. The van der Waals surface area contributed by atoms with Gasteiger partial charge in [-0.2, -0.15) is 15.0 Å². The van der Waals surface area contributed by atoms with Crippen LogP contribution in [0.5, 0.6) is 11.8 Å². The highest BCUT2D eigenvalue weighted by atomic mass is 16.5. The lowest BCUT2D eigenvalue weighted by Gasteiger charge is -2.26. The third kappa shape index (κ3) is 10.1. The summed E-state index contributed by atoms with van der Waals surface area (Å²) >= 11 is 0. The molecule has 3 N–H and O–H groups in total. The Morgan fingerprint density at radius 3 is 2.15 bits per heavy atom. The largest absolute Gasteiger partial charge is 0.424 e. The minimum atomic E-state index is -0.108. The zero-order valence-corrected chi connectivity index (χ0v) is 22.5. The van der Waals surface area contributed by atoms with Crippen molar-refractivity contribution in [2.75, 3.05) is 50.2 Å². The van der Waals surface area contributed by atoms with Gasteiger partial charge in [-0.05, 0) is 55.9 Å². The van der Waals surface area contributed by atoms with E-state index >= 15 is 0 Å². The number of hydrogen-bond acceptors (Lipinski definition) is 9. The van der Waals surface area contributed by atoms with Crippen LogP contribution in [0.1, 0.15) is 43.0 Å². The smallest absolute Gasteiger partial charge is 0.328 e. The Morgan fingerprint density at radius 1 is 0.795 bits per heavy atom. The fourth-order valence-electron chi connectivity index (χ4n) is 4.21. The molecule has 1 fully saturated rings. The van der Waals surface area contributed by atoms with Crippen LogP contribution in [0.3, 0.4) is 0 Å². The minimum Gasteiger partial charge on any atom is -0.424 e. The van der Waals surface area contributed by atoms with Crippen molar-refractivity contribution in [1.82, 2.24) is 20.3 Å². The van der Waals surface area contributed by atoms with Crippen LogP contribution in [-0.4, -0.2) is 66.4 Å². The van der Waals surface area contributed by atoms with Gasteiger partial charge in [0.05, 0.1) is 26.4 Å². The molecule has 3 aromatic rings. The van der Waals surface area contributed by atoms with Crippen molar-refractivity contribution in [2.45, 2.75) is 38.6 Å². The molecule has 1 heterocycles. The molecule has 0 unspecified atom stereocenters. The molecule has 10 heteroatoms. The normalized spacial score (nSPS) is 16.8. The molecule has 1 saturated carbocycles. The van der Waals surface area contributed by atoms with Gasteiger partial charge >= 0.3 is 6.01 Å². The first-order valence-corrected chi connectivity index (χ1v) is 13.6. The number of amides is 1. The summed E-state index contributed by atoms with van der Waals surface area (Å²) in [5, 5.41) is 9.49. The quantitative estimate of drug-likeness (QED) is 0.242. The average Bonchev–Trinajstić information content (AvgIpc) is 2.96. The van der Waals surface area contributed by atoms with Crippen LogP contribution in [0.2, 0.25) is 0 Å². The van der Waals surface area contributed by atoms with Gasteiger partial charge in [0, 0.05) is 24.7 Å². The van der Waals surface area contributed by atoms with Crippen LogP contribution in [-0.2, 0) is 9.47 Å². The highest BCUT2D eigenvalue weighted by Gasteiger charge is 2.20. The van der Waals surface area contributed by atoms with Crippen LogP contribution in [0.25, 0.3) is 0 Å². The van der Waals surface area contributed by atoms with E-state index in [1.807, 2.05) is 48.5 Å². The van der Waals surface area contributed by atoms with E-state index in [1.54, 1.807) is 12.1 Å². The summed E-state index contributed by atoms with van der Waals surface area (Å²) in [5.41, 5.74) is 0.636. The minimum absolute atomic E-state index is 0.108. The summed E-state index contributed by atoms with van der Waals surface area (Å²) in [4.78, 5) is 25.5. The van der Waals surface area contributed by atoms with Gasteiger partial charge in [0.2, 0.25) is 11.9 Å². The molecule has 2 aromatic carbocycles. The van der Waals surface area contributed by atoms with Crippen molar-refractivity contribution >= 4 is 17.8 Å². The predicted molar refractivity (Wildman–Crippen MR) is 150 cm³/mol. The van der Waals surface area contributed by atoms with Crippen LogP contribution in [0.15, 0.2) is 60.7 Å². The number of aromatic nitrogens is 3. The van der Waals surface area contributed by atoms with E-state index in [2.05, 4.69) is 37.8 Å². The maximum atomic E-state index is 12.0. The van der Waals surface area contributed by atoms with Crippen LogP contribution >= 0.6 is 0 Å². The molecular formula is C29H38N6O4. The second-order valence-electron chi connectivity index (χ2n) is 9.55. The maximum Gasteiger partial charge on any atom is 0.328 e. The van der Waals surface area contributed by atoms with E-state index in [4.69, 9.17) is 14.2 Å². The Morgan fingerprint density at radius 2 is 1.44 bits per heavy atom. The number of rotatable bonds is 15. The van der Waals surface area contributed by atoms with Crippen molar-refractivity contribution in [3.63, 3.8) is 0 Å². The Balaban J connectivity index is 1.16. The first-order chi connectivity index (χ1) is 19.2. The number of carbonyl (C=O) groups excluding carboxylic acids is 1. The molecule has 1 aliphatic rings. The molecule has 1 aromatic heterocycles. The van der Waals surface area contributed by atoms with Gasteiger partial charge in [-0.15, -0.1) is 0 Å². The Bertz CT molecular complexity index is 1130. The van der Waals surface area contributed by atoms with E-state index < -0.39 is 0 Å². The molecule has 4 rings (SSSR count).